The van der Waals surface area contributed by atoms with Crippen LogP contribution in [0.3, 0.4) is 0 Å². The van der Waals surface area contributed by atoms with Gasteiger partial charge in [-0.15, -0.1) is 5.10 Å². The lowest BCUT2D eigenvalue weighted by Crippen LogP contribution is -2.42. The van der Waals surface area contributed by atoms with Gasteiger partial charge in [0.2, 0.25) is 5.91 Å². The maximum absolute atomic E-state index is 11.6. The number of aromatic amines is 1. The number of rotatable bonds is 8. The second-order valence-electron chi connectivity index (χ2n) is 5.31. The number of carbonyl (C=O) groups excluding carboxylic acids is 1. The van der Waals surface area contributed by atoms with Crippen LogP contribution in [0.1, 0.15) is 39.2 Å². The van der Waals surface area contributed by atoms with Crippen molar-refractivity contribution >= 4 is 17.7 Å². The Morgan fingerprint density at radius 2 is 2.30 bits per heavy atom. The minimum absolute atomic E-state index is 0.0558. The molecule has 0 radical (unpaired) electrons. The first kappa shape index (κ1) is 15.1. The Bertz CT molecular complexity index is 520. The van der Waals surface area contributed by atoms with Gasteiger partial charge in [-0.3, -0.25) is 9.36 Å². The van der Waals surface area contributed by atoms with Crippen LogP contribution in [0.15, 0.2) is 9.95 Å². The van der Waals surface area contributed by atoms with Crippen molar-refractivity contribution in [1.82, 2.24) is 20.1 Å². The predicted molar refractivity (Wildman–Crippen MR) is 77.7 cm³/mol. The van der Waals surface area contributed by atoms with Crippen molar-refractivity contribution < 1.29 is 4.79 Å². The summed E-state index contributed by atoms with van der Waals surface area (Å²) in [4.78, 5) is 22.9. The lowest BCUT2D eigenvalue weighted by molar-refractivity contribution is -0.120. The van der Waals surface area contributed by atoms with Gasteiger partial charge in [-0.1, -0.05) is 11.8 Å². The fourth-order valence-electron chi connectivity index (χ4n) is 1.96. The van der Waals surface area contributed by atoms with Gasteiger partial charge in [-0.25, -0.2) is 9.89 Å². The molecule has 2 rings (SSSR count). The second-order valence-corrected chi connectivity index (χ2v) is 6.37. The first-order valence-electron chi connectivity index (χ1n) is 6.84. The summed E-state index contributed by atoms with van der Waals surface area (Å²) in [6.07, 6.45) is 2.86. The van der Waals surface area contributed by atoms with Crippen LogP contribution in [0.4, 0.5) is 0 Å². The lowest BCUT2D eigenvalue weighted by atomic mass is 10.2. The number of nitrogens with zero attached hydrogens (tertiary/aromatic N) is 2. The second kappa shape index (κ2) is 6.45. The van der Waals surface area contributed by atoms with E-state index in [-0.39, 0.29) is 23.7 Å². The van der Waals surface area contributed by atoms with Gasteiger partial charge in [0.1, 0.15) is 0 Å². The Kier molecular flexibility index (Phi) is 4.87. The van der Waals surface area contributed by atoms with Crippen LogP contribution in [-0.4, -0.2) is 38.5 Å². The summed E-state index contributed by atoms with van der Waals surface area (Å²) in [6, 6.07) is 0.199. The van der Waals surface area contributed by atoms with Crippen molar-refractivity contribution in [2.75, 3.05) is 5.75 Å². The first-order valence-corrected chi connectivity index (χ1v) is 7.82. The molecule has 0 saturated heterocycles. The van der Waals surface area contributed by atoms with Crippen LogP contribution in [0.2, 0.25) is 0 Å². The highest BCUT2D eigenvalue weighted by Gasteiger charge is 2.27. The zero-order valence-corrected chi connectivity index (χ0v) is 12.6. The molecule has 4 N–H and O–H groups in total. The molecule has 1 saturated carbocycles. The van der Waals surface area contributed by atoms with Crippen LogP contribution in [0.5, 0.6) is 0 Å². The first-order chi connectivity index (χ1) is 9.49. The largest absolute Gasteiger partial charge is 0.368 e. The molecule has 1 amide bonds. The van der Waals surface area contributed by atoms with Crippen molar-refractivity contribution in [3.05, 3.63) is 10.5 Å². The molecule has 1 aliphatic rings. The standard InChI is InChI=1S/C12H21N5O2S/c1-7(2)17-11(19)15-16-12(17)20-6-5-9(10(13)18)14-8-3-4-8/h7-9,14H,3-6H2,1-2H3,(H2,13,18)(H,15,19). The van der Waals surface area contributed by atoms with E-state index in [1.807, 2.05) is 13.8 Å². The van der Waals surface area contributed by atoms with Crippen LogP contribution < -0.4 is 16.7 Å². The number of nitrogens with one attached hydrogen (secondary N) is 2. The molecule has 0 aliphatic heterocycles. The van der Waals surface area contributed by atoms with E-state index < -0.39 is 0 Å². The summed E-state index contributed by atoms with van der Waals surface area (Å²) >= 11 is 1.46. The Labute approximate surface area is 121 Å². The van der Waals surface area contributed by atoms with Gasteiger partial charge in [0.05, 0.1) is 6.04 Å². The molecule has 1 aliphatic carbocycles. The summed E-state index contributed by atoms with van der Waals surface area (Å²) < 4.78 is 1.61. The Morgan fingerprint density at radius 3 is 2.85 bits per heavy atom. The molecule has 1 aromatic heterocycles. The third-order valence-electron chi connectivity index (χ3n) is 3.18. The number of amides is 1. The van der Waals surface area contributed by atoms with E-state index in [2.05, 4.69) is 15.5 Å². The van der Waals surface area contributed by atoms with E-state index in [1.165, 1.54) is 11.8 Å². The van der Waals surface area contributed by atoms with E-state index in [4.69, 9.17) is 5.73 Å². The Balaban J connectivity index is 1.88. The maximum atomic E-state index is 11.6. The number of thioether (sulfide) groups is 1. The summed E-state index contributed by atoms with van der Waals surface area (Å²) in [5, 5.41) is 10.3. The van der Waals surface area contributed by atoms with Crippen molar-refractivity contribution in [3.8, 4) is 0 Å². The number of primary amides is 1. The third kappa shape index (κ3) is 3.86. The molecule has 1 aromatic rings. The summed E-state index contributed by atoms with van der Waals surface area (Å²) in [5.41, 5.74) is 5.18. The number of carbonyl (C=O) groups is 1. The van der Waals surface area contributed by atoms with Crippen LogP contribution in [-0.2, 0) is 4.79 Å². The number of H-pyrrole nitrogens is 1. The van der Waals surface area contributed by atoms with Crippen LogP contribution in [0.25, 0.3) is 0 Å². The van der Waals surface area contributed by atoms with Gasteiger partial charge in [0.25, 0.3) is 0 Å². The zero-order valence-electron chi connectivity index (χ0n) is 11.8. The van der Waals surface area contributed by atoms with Crippen molar-refractivity contribution in [3.63, 3.8) is 0 Å². The molecule has 112 valence electrons. The van der Waals surface area contributed by atoms with E-state index in [0.717, 1.165) is 12.8 Å². The number of hydrogen-bond donors (Lipinski definition) is 3. The molecule has 0 spiro atoms. The van der Waals surface area contributed by atoms with Crippen LogP contribution in [0, 0.1) is 0 Å². The predicted octanol–water partition coefficient (Wildman–Crippen LogP) is 0.240. The summed E-state index contributed by atoms with van der Waals surface area (Å²) in [5.74, 6) is 0.366. The smallest absolute Gasteiger partial charge is 0.344 e. The van der Waals surface area contributed by atoms with Gasteiger partial charge in [-0.2, -0.15) is 0 Å². The number of hydrogen-bond acceptors (Lipinski definition) is 5. The van der Waals surface area contributed by atoms with Gasteiger partial charge < -0.3 is 11.1 Å². The molecule has 8 heteroatoms. The van der Waals surface area contributed by atoms with E-state index >= 15 is 0 Å². The highest BCUT2D eigenvalue weighted by molar-refractivity contribution is 7.99. The molecule has 1 atom stereocenters. The topological polar surface area (TPSA) is 106 Å². The fourth-order valence-corrected chi connectivity index (χ4v) is 3.04. The number of nitrogens with two attached hydrogens (primary N) is 1. The van der Waals surface area contributed by atoms with Gasteiger partial charge >= 0.3 is 5.69 Å². The lowest BCUT2D eigenvalue weighted by Gasteiger charge is -2.14. The Morgan fingerprint density at radius 1 is 1.60 bits per heavy atom. The molecule has 0 bridgehead atoms. The zero-order chi connectivity index (χ0) is 14.7. The van der Waals surface area contributed by atoms with Gasteiger partial charge in [0, 0.05) is 17.8 Å². The highest BCUT2D eigenvalue weighted by Crippen LogP contribution is 2.22. The maximum Gasteiger partial charge on any atom is 0.344 e. The number of aromatic nitrogens is 3. The molecular weight excluding hydrogens is 278 g/mol. The summed E-state index contributed by atoms with van der Waals surface area (Å²) in [6.45, 7) is 3.86. The molecule has 20 heavy (non-hydrogen) atoms. The highest BCUT2D eigenvalue weighted by atomic mass is 32.2. The van der Waals surface area contributed by atoms with Crippen molar-refractivity contribution in [2.24, 2.45) is 5.73 Å². The molecule has 1 fully saturated rings. The van der Waals surface area contributed by atoms with Gasteiger partial charge in [-0.05, 0) is 33.1 Å². The van der Waals surface area contributed by atoms with E-state index in [9.17, 15) is 9.59 Å². The minimum Gasteiger partial charge on any atom is -0.368 e. The third-order valence-corrected chi connectivity index (χ3v) is 4.17. The normalized spacial score (nSPS) is 16.6. The molecule has 7 nitrogen and oxygen atoms in total. The monoisotopic (exact) mass is 299 g/mol. The minimum atomic E-state index is -0.319. The molecule has 1 unspecified atom stereocenters. The van der Waals surface area contributed by atoms with E-state index in [1.54, 1.807) is 4.57 Å². The van der Waals surface area contributed by atoms with Crippen LogP contribution >= 0.6 is 11.8 Å². The average Bonchev–Trinajstić information content (AvgIpc) is 3.10. The Hall–Kier alpha value is -1.28. The fraction of sp³-hybridized carbons (Fsp3) is 0.750. The van der Waals surface area contributed by atoms with Crippen molar-refractivity contribution in [2.45, 2.75) is 56.4 Å². The van der Waals surface area contributed by atoms with Gasteiger partial charge in [0.15, 0.2) is 5.16 Å². The summed E-state index contributed by atoms with van der Waals surface area (Å²) in [7, 11) is 0. The average molecular weight is 299 g/mol. The molecule has 1 heterocycles. The molecular formula is C12H21N5O2S. The van der Waals surface area contributed by atoms with Crippen molar-refractivity contribution in [1.29, 1.82) is 0 Å². The molecule has 0 aromatic carbocycles. The quantitative estimate of drug-likeness (QED) is 0.596. The van der Waals surface area contributed by atoms with E-state index in [0.29, 0.717) is 23.4 Å². The SMILES string of the molecule is CC(C)n1c(SCCC(NC2CC2)C(N)=O)n[nH]c1=O.